The first-order valence-electron chi connectivity index (χ1n) is 9.69. The van der Waals surface area contributed by atoms with Crippen LogP contribution < -0.4 is 0 Å². The predicted molar refractivity (Wildman–Crippen MR) is 111 cm³/mol. The molecule has 0 atom stereocenters. The molecular weight excluding hydrogens is 410 g/mol. The first-order chi connectivity index (χ1) is 14.3. The second kappa shape index (κ2) is 8.11. The summed E-state index contributed by atoms with van der Waals surface area (Å²) in [6, 6.07) is 9.99. The molecule has 1 fully saturated rings. The normalized spacial score (nSPS) is 14.9. The highest BCUT2D eigenvalue weighted by Crippen LogP contribution is 2.26. The number of hydrogen-bond acceptors (Lipinski definition) is 3. The van der Waals surface area contributed by atoms with Gasteiger partial charge in [-0.05, 0) is 62.2 Å². The maximum absolute atomic E-state index is 13.9. The number of fused-ring (bicyclic) bond motifs is 1. The lowest BCUT2D eigenvalue weighted by molar-refractivity contribution is 0.0648. The molecule has 0 aliphatic carbocycles. The Hall–Kier alpha value is -2.86. The van der Waals surface area contributed by atoms with Crippen molar-refractivity contribution in [3.05, 3.63) is 75.9 Å². The highest BCUT2D eigenvalue weighted by Gasteiger charge is 2.30. The number of piperidine rings is 1. The maximum Gasteiger partial charge on any atom is 0.255 e. The number of aryl methyl sites for hydroxylation is 1. The molecule has 0 spiro atoms. The van der Waals surface area contributed by atoms with Gasteiger partial charge in [0.15, 0.2) is 5.78 Å². The number of Topliss-reactive ketones (excluding diaryl/α,β-unsaturated/α-hetero) is 1. The Labute approximate surface area is 177 Å². The van der Waals surface area contributed by atoms with E-state index in [1.165, 1.54) is 0 Å². The molecule has 1 aliphatic rings. The van der Waals surface area contributed by atoms with Crippen LogP contribution in [0.15, 0.2) is 42.5 Å². The van der Waals surface area contributed by atoms with Gasteiger partial charge in [0.2, 0.25) is 0 Å². The molecular formula is C23H19ClF2N2O2. The van der Waals surface area contributed by atoms with Crippen LogP contribution in [0.4, 0.5) is 8.78 Å². The predicted octanol–water partition coefficient (Wildman–Crippen LogP) is 5.21. The van der Waals surface area contributed by atoms with E-state index in [0.29, 0.717) is 42.2 Å². The van der Waals surface area contributed by atoms with E-state index >= 15 is 0 Å². The number of hydrogen-bond donors (Lipinski definition) is 0. The summed E-state index contributed by atoms with van der Waals surface area (Å²) >= 11 is 6.05. The fourth-order valence-corrected chi connectivity index (χ4v) is 4.06. The molecule has 4 nitrogen and oxygen atoms in total. The van der Waals surface area contributed by atoms with E-state index in [2.05, 4.69) is 4.98 Å². The van der Waals surface area contributed by atoms with Gasteiger partial charge in [-0.2, -0.15) is 0 Å². The fraction of sp³-hybridized carbons (Fsp3) is 0.261. The van der Waals surface area contributed by atoms with Crippen molar-refractivity contribution in [3.8, 4) is 0 Å². The summed E-state index contributed by atoms with van der Waals surface area (Å²) < 4.78 is 27.4. The zero-order valence-electron chi connectivity index (χ0n) is 16.3. The molecule has 2 heterocycles. The van der Waals surface area contributed by atoms with E-state index in [1.807, 2.05) is 6.07 Å². The first kappa shape index (κ1) is 20.4. The summed E-state index contributed by atoms with van der Waals surface area (Å²) in [4.78, 5) is 31.8. The zero-order chi connectivity index (χ0) is 21.4. The molecule has 154 valence electrons. The third kappa shape index (κ3) is 3.92. The number of rotatable bonds is 3. The number of nitrogens with zero attached hydrogens (tertiary/aromatic N) is 2. The van der Waals surface area contributed by atoms with Crippen molar-refractivity contribution in [3.63, 3.8) is 0 Å². The molecule has 0 bridgehead atoms. The van der Waals surface area contributed by atoms with Crippen LogP contribution in [0, 0.1) is 24.5 Å². The van der Waals surface area contributed by atoms with Gasteiger partial charge in [-0.1, -0.05) is 11.6 Å². The van der Waals surface area contributed by atoms with E-state index in [9.17, 15) is 18.4 Å². The summed E-state index contributed by atoms with van der Waals surface area (Å²) in [5, 5.41) is 1.35. The number of carbonyl (C=O) groups excluding carboxylic acids is 2. The van der Waals surface area contributed by atoms with E-state index in [0.717, 1.165) is 29.1 Å². The second-order valence-corrected chi connectivity index (χ2v) is 7.95. The van der Waals surface area contributed by atoms with Crippen molar-refractivity contribution in [2.75, 3.05) is 13.1 Å². The molecule has 7 heteroatoms. The molecule has 3 aromatic rings. The van der Waals surface area contributed by atoms with Gasteiger partial charge in [0, 0.05) is 29.4 Å². The van der Waals surface area contributed by atoms with Crippen molar-refractivity contribution in [2.24, 2.45) is 5.92 Å². The highest BCUT2D eigenvalue weighted by molar-refractivity contribution is 6.31. The summed E-state index contributed by atoms with van der Waals surface area (Å²) in [6.45, 7) is 2.50. The molecule has 0 radical (unpaired) electrons. The average molecular weight is 429 g/mol. The molecule has 1 aliphatic heterocycles. The van der Waals surface area contributed by atoms with E-state index in [1.54, 1.807) is 30.0 Å². The highest BCUT2D eigenvalue weighted by atomic mass is 35.5. The number of amides is 1. The number of benzene rings is 2. The van der Waals surface area contributed by atoms with Gasteiger partial charge < -0.3 is 4.90 Å². The van der Waals surface area contributed by atoms with Crippen molar-refractivity contribution in [1.29, 1.82) is 0 Å². The lowest BCUT2D eigenvalue weighted by Crippen LogP contribution is -2.40. The molecule has 30 heavy (non-hydrogen) atoms. The van der Waals surface area contributed by atoms with Crippen LogP contribution in [0.25, 0.3) is 10.9 Å². The van der Waals surface area contributed by atoms with Gasteiger partial charge in [0.25, 0.3) is 5.91 Å². The van der Waals surface area contributed by atoms with Crippen molar-refractivity contribution >= 4 is 34.2 Å². The molecule has 1 amide bonds. The van der Waals surface area contributed by atoms with E-state index in [4.69, 9.17) is 11.6 Å². The third-order valence-electron chi connectivity index (χ3n) is 5.54. The Bertz CT molecular complexity index is 1160. The zero-order valence-corrected chi connectivity index (χ0v) is 17.0. The Morgan fingerprint density at radius 3 is 2.50 bits per heavy atom. The number of aromatic nitrogens is 1. The SMILES string of the molecule is Cc1nc2ccc(Cl)cc2cc1C(=O)N1CCC(C(=O)c2cc(F)ccc2F)CC1. The smallest absolute Gasteiger partial charge is 0.255 e. The lowest BCUT2D eigenvalue weighted by Gasteiger charge is -2.31. The van der Waals surface area contributed by atoms with Crippen molar-refractivity contribution in [2.45, 2.75) is 19.8 Å². The second-order valence-electron chi connectivity index (χ2n) is 7.51. The minimum atomic E-state index is -0.726. The number of pyridine rings is 1. The van der Waals surface area contributed by atoms with Gasteiger partial charge in [0.1, 0.15) is 11.6 Å². The van der Waals surface area contributed by atoms with Crippen LogP contribution in [0.2, 0.25) is 5.02 Å². The van der Waals surface area contributed by atoms with Crippen molar-refractivity contribution in [1.82, 2.24) is 9.88 Å². The fourth-order valence-electron chi connectivity index (χ4n) is 3.88. The third-order valence-corrected chi connectivity index (χ3v) is 5.78. The Kier molecular flexibility index (Phi) is 5.52. The standard InChI is InChI=1S/C23H19ClF2N2O2/c1-13-18(11-15-10-16(24)2-5-21(15)27-13)23(30)28-8-6-14(7-9-28)22(29)19-12-17(25)3-4-20(19)26/h2-5,10-12,14H,6-9H2,1H3. The van der Waals surface area contributed by atoms with Crippen LogP contribution >= 0.6 is 11.6 Å². The number of likely N-dealkylation sites (tertiary alicyclic amines) is 1. The van der Waals surface area contributed by atoms with Gasteiger partial charge in [-0.15, -0.1) is 0 Å². The molecule has 4 rings (SSSR count). The topological polar surface area (TPSA) is 50.3 Å². The first-order valence-corrected chi connectivity index (χ1v) is 10.1. The van der Waals surface area contributed by atoms with Gasteiger partial charge in [0.05, 0.1) is 22.3 Å². The minimum absolute atomic E-state index is 0.162. The Morgan fingerprint density at radius 1 is 1.03 bits per heavy atom. The van der Waals surface area contributed by atoms with E-state index in [-0.39, 0.29) is 11.5 Å². The van der Waals surface area contributed by atoms with E-state index < -0.39 is 23.3 Å². The lowest BCUT2D eigenvalue weighted by atomic mass is 9.88. The number of ketones is 1. The average Bonchev–Trinajstić information content (AvgIpc) is 2.74. The number of carbonyl (C=O) groups is 2. The summed E-state index contributed by atoms with van der Waals surface area (Å²) in [7, 11) is 0. The van der Waals surface area contributed by atoms with Crippen LogP contribution in [-0.4, -0.2) is 34.7 Å². The Morgan fingerprint density at radius 2 is 1.77 bits per heavy atom. The molecule has 0 N–H and O–H groups in total. The minimum Gasteiger partial charge on any atom is -0.339 e. The molecule has 0 unspecified atom stereocenters. The van der Waals surface area contributed by atoms with Gasteiger partial charge in [-0.25, -0.2) is 8.78 Å². The van der Waals surface area contributed by atoms with Crippen LogP contribution in [-0.2, 0) is 0 Å². The maximum atomic E-state index is 13.9. The monoisotopic (exact) mass is 428 g/mol. The van der Waals surface area contributed by atoms with Crippen LogP contribution in [0.3, 0.4) is 0 Å². The molecule has 1 saturated heterocycles. The largest absolute Gasteiger partial charge is 0.339 e. The van der Waals surface area contributed by atoms with Crippen LogP contribution in [0.1, 0.15) is 39.3 Å². The van der Waals surface area contributed by atoms with Gasteiger partial charge in [-0.3, -0.25) is 14.6 Å². The number of halogens is 3. The Balaban J connectivity index is 1.49. The van der Waals surface area contributed by atoms with Crippen LogP contribution in [0.5, 0.6) is 0 Å². The summed E-state index contributed by atoms with van der Waals surface area (Å²) in [5.74, 6) is -2.40. The summed E-state index contributed by atoms with van der Waals surface area (Å²) in [5.41, 5.74) is 1.64. The molecule has 0 saturated carbocycles. The van der Waals surface area contributed by atoms with Crippen molar-refractivity contribution < 1.29 is 18.4 Å². The quantitative estimate of drug-likeness (QED) is 0.538. The molecule has 1 aromatic heterocycles. The molecule has 2 aromatic carbocycles. The summed E-state index contributed by atoms with van der Waals surface area (Å²) in [6.07, 6.45) is 0.791. The van der Waals surface area contributed by atoms with Gasteiger partial charge >= 0.3 is 0 Å².